The van der Waals surface area contributed by atoms with E-state index in [2.05, 4.69) is 13.8 Å². The zero-order chi connectivity index (χ0) is 9.68. The van der Waals surface area contributed by atoms with Gasteiger partial charge in [-0.2, -0.15) is 0 Å². The van der Waals surface area contributed by atoms with Crippen molar-refractivity contribution in [3.8, 4) is 0 Å². The highest BCUT2D eigenvalue weighted by molar-refractivity contribution is 4.68. The lowest BCUT2D eigenvalue weighted by atomic mass is 9.92. The average Bonchev–Trinajstić information content (AvgIpc) is 2.04. The minimum Gasteiger partial charge on any atom is -0.393 e. The Morgan fingerprint density at radius 2 is 2.23 bits per heavy atom. The van der Waals surface area contributed by atoms with E-state index in [1.807, 2.05) is 0 Å². The maximum atomic E-state index is 9.72. The van der Waals surface area contributed by atoms with Gasteiger partial charge in [-0.05, 0) is 37.5 Å². The summed E-state index contributed by atoms with van der Waals surface area (Å²) in [5.74, 6) is 1.20. The molecular formula is C11H22O2. The predicted molar refractivity (Wildman–Crippen MR) is 53.6 cm³/mol. The average molecular weight is 186 g/mol. The van der Waals surface area contributed by atoms with Crippen molar-refractivity contribution >= 4 is 0 Å². The number of aliphatic hydroxyl groups excluding tert-OH is 1. The Balaban J connectivity index is 2.14. The Hall–Kier alpha value is -0.0800. The summed E-state index contributed by atoms with van der Waals surface area (Å²) in [6, 6.07) is 0. The fourth-order valence-corrected chi connectivity index (χ4v) is 2.02. The summed E-state index contributed by atoms with van der Waals surface area (Å²) in [5, 5.41) is 9.72. The van der Waals surface area contributed by atoms with E-state index in [0.717, 1.165) is 26.1 Å². The highest BCUT2D eigenvalue weighted by Crippen LogP contribution is 2.21. The largest absolute Gasteiger partial charge is 0.393 e. The smallest absolute Gasteiger partial charge is 0.0546 e. The summed E-state index contributed by atoms with van der Waals surface area (Å²) in [6.45, 7) is 6.08. The van der Waals surface area contributed by atoms with E-state index < -0.39 is 0 Å². The Bertz CT molecular complexity index is 128. The van der Waals surface area contributed by atoms with Crippen LogP contribution in [0.2, 0.25) is 0 Å². The molecule has 2 unspecified atom stereocenters. The molecule has 0 saturated carbocycles. The van der Waals surface area contributed by atoms with Gasteiger partial charge in [0.05, 0.1) is 6.10 Å². The summed E-state index contributed by atoms with van der Waals surface area (Å²) in [4.78, 5) is 0. The van der Waals surface area contributed by atoms with Crippen LogP contribution >= 0.6 is 0 Å². The van der Waals surface area contributed by atoms with E-state index in [4.69, 9.17) is 4.74 Å². The van der Waals surface area contributed by atoms with Crippen molar-refractivity contribution in [1.82, 2.24) is 0 Å². The molecule has 0 bridgehead atoms. The SMILES string of the molecule is CC(C)CC(O)CC1CCCOC1. The minimum atomic E-state index is -0.119. The molecule has 78 valence electrons. The normalized spacial score (nSPS) is 26.3. The standard InChI is InChI=1S/C11H22O2/c1-9(2)6-11(12)7-10-4-3-5-13-8-10/h9-12H,3-8H2,1-2H3. The van der Waals surface area contributed by atoms with Crippen LogP contribution in [0.25, 0.3) is 0 Å². The third kappa shape index (κ3) is 4.63. The van der Waals surface area contributed by atoms with Crippen molar-refractivity contribution < 1.29 is 9.84 Å². The van der Waals surface area contributed by atoms with Gasteiger partial charge in [0.25, 0.3) is 0 Å². The Morgan fingerprint density at radius 1 is 1.46 bits per heavy atom. The first-order valence-corrected chi connectivity index (χ1v) is 5.44. The lowest BCUT2D eigenvalue weighted by Crippen LogP contribution is -2.23. The second kappa shape index (κ2) is 5.61. The summed E-state index contributed by atoms with van der Waals surface area (Å²) >= 11 is 0. The van der Waals surface area contributed by atoms with E-state index in [-0.39, 0.29) is 6.10 Å². The van der Waals surface area contributed by atoms with Crippen LogP contribution in [-0.4, -0.2) is 24.4 Å². The first-order chi connectivity index (χ1) is 6.18. The van der Waals surface area contributed by atoms with Gasteiger partial charge in [-0.25, -0.2) is 0 Å². The number of hydrogen-bond acceptors (Lipinski definition) is 2. The molecule has 2 atom stereocenters. The molecule has 0 amide bonds. The third-order valence-corrected chi connectivity index (χ3v) is 2.60. The zero-order valence-electron chi connectivity index (χ0n) is 8.83. The van der Waals surface area contributed by atoms with Gasteiger partial charge in [-0.3, -0.25) is 0 Å². The Kier molecular flexibility index (Phi) is 4.74. The van der Waals surface area contributed by atoms with Gasteiger partial charge in [0.2, 0.25) is 0 Å². The number of rotatable bonds is 4. The third-order valence-electron chi connectivity index (χ3n) is 2.60. The van der Waals surface area contributed by atoms with E-state index in [9.17, 15) is 5.11 Å². The van der Waals surface area contributed by atoms with Crippen molar-refractivity contribution in [3.05, 3.63) is 0 Å². The van der Waals surface area contributed by atoms with Crippen molar-refractivity contribution in [2.75, 3.05) is 13.2 Å². The maximum Gasteiger partial charge on any atom is 0.0546 e. The number of aliphatic hydroxyl groups is 1. The molecule has 2 nitrogen and oxygen atoms in total. The summed E-state index contributed by atoms with van der Waals surface area (Å²) in [5.41, 5.74) is 0. The minimum absolute atomic E-state index is 0.119. The van der Waals surface area contributed by atoms with Crippen molar-refractivity contribution in [2.45, 2.75) is 45.6 Å². The molecule has 1 heterocycles. The molecule has 0 aromatic carbocycles. The van der Waals surface area contributed by atoms with Crippen LogP contribution in [0.1, 0.15) is 39.5 Å². The molecule has 1 N–H and O–H groups in total. The van der Waals surface area contributed by atoms with Crippen molar-refractivity contribution in [2.24, 2.45) is 11.8 Å². The van der Waals surface area contributed by atoms with E-state index in [0.29, 0.717) is 11.8 Å². The van der Waals surface area contributed by atoms with Crippen LogP contribution in [0.3, 0.4) is 0 Å². The molecule has 0 aromatic heterocycles. The summed E-state index contributed by atoms with van der Waals surface area (Å²) in [7, 11) is 0. The van der Waals surface area contributed by atoms with Gasteiger partial charge < -0.3 is 9.84 Å². The second-order valence-electron chi connectivity index (χ2n) is 4.60. The highest BCUT2D eigenvalue weighted by Gasteiger charge is 2.18. The lowest BCUT2D eigenvalue weighted by Gasteiger charge is -2.24. The summed E-state index contributed by atoms with van der Waals surface area (Å²) in [6.07, 6.45) is 4.13. The molecule has 1 fully saturated rings. The molecule has 0 spiro atoms. The van der Waals surface area contributed by atoms with E-state index >= 15 is 0 Å². The van der Waals surface area contributed by atoms with Crippen molar-refractivity contribution in [3.63, 3.8) is 0 Å². The first kappa shape index (κ1) is 11.0. The topological polar surface area (TPSA) is 29.5 Å². The van der Waals surface area contributed by atoms with Crippen LogP contribution in [0.5, 0.6) is 0 Å². The molecule has 0 aromatic rings. The predicted octanol–water partition coefficient (Wildman–Crippen LogP) is 2.21. The number of ether oxygens (including phenoxy) is 1. The fraction of sp³-hybridized carbons (Fsp3) is 1.00. The molecule has 0 aliphatic carbocycles. The maximum absolute atomic E-state index is 9.72. The van der Waals surface area contributed by atoms with Gasteiger partial charge >= 0.3 is 0 Å². The van der Waals surface area contributed by atoms with Gasteiger partial charge in [-0.1, -0.05) is 13.8 Å². The first-order valence-electron chi connectivity index (χ1n) is 5.44. The molecule has 1 aliphatic heterocycles. The fourth-order valence-electron chi connectivity index (χ4n) is 2.02. The van der Waals surface area contributed by atoms with Crippen LogP contribution in [0.15, 0.2) is 0 Å². The van der Waals surface area contributed by atoms with Crippen molar-refractivity contribution in [1.29, 1.82) is 0 Å². The van der Waals surface area contributed by atoms with Crippen LogP contribution < -0.4 is 0 Å². The summed E-state index contributed by atoms with van der Waals surface area (Å²) < 4.78 is 5.38. The van der Waals surface area contributed by atoms with Gasteiger partial charge in [-0.15, -0.1) is 0 Å². The number of hydrogen-bond donors (Lipinski definition) is 1. The van der Waals surface area contributed by atoms with Gasteiger partial charge in [0.1, 0.15) is 0 Å². The van der Waals surface area contributed by atoms with E-state index in [1.54, 1.807) is 0 Å². The second-order valence-corrected chi connectivity index (χ2v) is 4.60. The molecular weight excluding hydrogens is 164 g/mol. The quantitative estimate of drug-likeness (QED) is 0.729. The molecule has 2 heteroatoms. The van der Waals surface area contributed by atoms with Gasteiger partial charge in [0, 0.05) is 13.2 Å². The van der Waals surface area contributed by atoms with Crippen LogP contribution in [0.4, 0.5) is 0 Å². The van der Waals surface area contributed by atoms with Gasteiger partial charge in [0.15, 0.2) is 0 Å². The van der Waals surface area contributed by atoms with Crippen LogP contribution in [-0.2, 0) is 4.74 Å². The molecule has 1 saturated heterocycles. The Morgan fingerprint density at radius 3 is 2.77 bits per heavy atom. The zero-order valence-corrected chi connectivity index (χ0v) is 8.83. The molecule has 1 rings (SSSR count). The molecule has 13 heavy (non-hydrogen) atoms. The highest BCUT2D eigenvalue weighted by atomic mass is 16.5. The molecule has 0 radical (unpaired) electrons. The van der Waals surface area contributed by atoms with E-state index in [1.165, 1.54) is 12.8 Å². The van der Waals surface area contributed by atoms with Crippen LogP contribution in [0, 0.1) is 11.8 Å². The monoisotopic (exact) mass is 186 g/mol. The molecule has 1 aliphatic rings. The Labute approximate surface area is 81.3 Å². The lowest BCUT2D eigenvalue weighted by molar-refractivity contribution is 0.0251.